The van der Waals surface area contributed by atoms with Gasteiger partial charge < -0.3 is 4.74 Å². The van der Waals surface area contributed by atoms with Crippen molar-refractivity contribution in [2.24, 2.45) is 0 Å². The van der Waals surface area contributed by atoms with Gasteiger partial charge in [0.15, 0.2) is 5.78 Å². The number of hydrogen-bond acceptors (Lipinski definition) is 3. The molecular weight excluding hydrogens is 192 g/mol. The van der Waals surface area contributed by atoms with Gasteiger partial charge in [-0.1, -0.05) is 37.3 Å². The van der Waals surface area contributed by atoms with Crippen LogP contribution >= 0.6 is 0 Å². The lowest BCUT2D eigenvalue weighted by Crippen LogP contribution is -2.15. The van der Waals surface area contributed by atoms with E-state index in [1.807, 2.05) is 30.3 Å². The van der Waals surface area contributed by atoms with Gasteiger partial charge in [0.1, 0.15) is 6.42 Å². The number of benzene rings is 1. The van der Waals surface area contributed by atoms with E-state index >= 15 is 0 Å². The smallest absolute Gasteiger partial charge is 0.313 e. The first-order valence-electron chi connectivity index (χ1n) is 4.79. The van der Waals surface area contributed by atoms with Crippen molar-refractivity contribution in [1.29, 1.82) is 0 Å². The van der Waals surface area contributed by atoms with Gasteiger partial charge in [0, 0.05) is 5.92 Å². The van der Waals surface area contributed by atoms with E-state index in [2.05, 4.69) is 4.74 Å². The zero-order valence-electron chi connectivity index (χ0n) is 8.90. The molecule has 0 saturated carbocycles. The van der Waals surface area contributed by atoms with Crippen LogP contribution < -0.4 is 0 Å². The molecule has 0 radical (unpaired) electrons. The standard InChI is InChI=1S/C12H14O3/c1-9(10-6-4-3-5-7-10)11(13)8-12(14)15-2/h3-7,9H,8H2,1-2H3/t9-/m0/s1. The monoisotopic (exact) mass is 206 g/mol. The summed E-state index contributed by atoms with van der Waals surface area (Å²) in [5.74, 6) is -0.860. The summed E-state index contributed by atoms with van der Waals surface area (Å²) in [6.07, 6.45) is -0.160. The molecular formula is C12H14O3. The Morgan fingerprint density at radius 2 is 1.87 bits per heavy atom. The highest BCUT2D eigenvalue weighted by Crippen LogP contribution is 2.17. The lowest BCUT2D eigenvalue weighted by Gasteiger charge is -2.09. The summed E-state index contributed by atoms with van der Waals surface area (Å²) in [6.45, 7) is 1.79. The molecule has 0 amide bonds. The lowest BCUT2D eigenvalue weighted by molar-refractivity contribution is -0.143. The number of Topliss-reactive ketones (excluding diaryl/α,β-unsaturated/α-hetero) is 1. The van der Waals surface area contributed by atoms with Crippen LogP contribution in [0.1, 0.15) is 24.8 Å². The maximum atomic E-state index is 11.6. The molecule has 15 heavy (non-hydrogen) atoms. The Hall–Kier alpha value is -1.64. The fourth-order valence-corrected chi connectivity index (χ4v) is 1.30. The van der Waals surface area contributed by atoms with Crippen molar-refractivity contribution >= 4 is 11.8 Å². The number of methoxy groups -OCH3 is 1. The Labute approximate surface area is 89.1 Å². The first-order chi connectivity index (χ1) is 7.15. The van der Waals surface area contributed by atoms with E-state index in [4.69, 9.17) is 0 Å². The Morgan fingerprint density at radius 3 is 2.40 bits per heavy atom. The average molecular weight is 206 g/mol. The van der Waals surface area contributed by atoms with Crippen LogP contribution in [0.3, 0.4) is 0 Å². The van der Waals surface area contributed by atoms with E-state index in [-0.39, 0.29) is 18.1 Å². The van der Waals surface area contributed by atoms with Gasteiger partial charge in [-0.2, -0.15) is 0 Å². The number of rotatable bonds is 4. The molecule has 0 fully saturated rings. The van der Waals surface area contributed by atoms with Crippen LogP contribution in [-0.2, 0) is 14.3 Å². The zero-order valence-corrected chi connectivity index (χ0v) is 8.90. The highest BCUT2D eigenvalue weighted by molar-refractivity contribution is 5.98. The molecule has 0 aliphatic rings. The van der Waals surface area contributed by atoms with E-state index in [1.54, 1.807) is 6.92 Å². The van der Waals surface area contributed by atoms with E-state index in [1.165, 1.54) is 7.11 Å². The minimum atomic E-state index is -0.484. The molecule has 3 heteroatoms. The Morgan fingerprint density at radius 1 is 1.27 bits per heavy atom. The molecule has 0 heterocycles. The molecule has 0 spiro atoms. The molecule has 1 atom stereocenters. The zero-order chi connectivity index (χ0) is 11.3. The topological polar surface area (TPSA) is 43.4 Å². The normalized spacial score (nSPS) is 11.9. The van der Waals surface area contributed by atoms with Gasteiger partial charge in [-0.3, -0.25) is 9.59 Å². The van der Waals surface area contributed by atoms with Crippen molar-refractivity contribution < 1.29 is 14.3 Å². The van der Waals surface area contributed by atoms with Gasteiger partial charge in [0.25, 0.3) is 0 Å². The minimum absolute atomic E-state index is 0.118. The van der Waals surface area contributed by atoms with Gasteiger partial charge in [0.2, 0.25) is 0 Å². The molecule has 1 aromatic carbocycles. The van der Waals surface area contributed by atoms with Crippen molar-refractivity contribution in [3.05, 3.63) is 35.9 Å². The molecule has 80 valence electrons. The third kappa shape index (κ3) is 3.20. The summed E-state index contributed by atoms with van der Waals surface area (Å²) in [6, 6.07) is 9.38. The molecule has 0 aliphatic heterocycles. The summed E-state index contributed by atoms with van der Waals surface area (Å²) < 4.78 is 4.45. The van der Waals surface area contributed by atoms with Crippen LogP contribution in [0.4, 0.5) is 0 Å². The van der Waals surface area contributed by atoms with Crippen molar-refractivity contribution in [1.82, 2.24) is 0 Å². The number of carbonyl (C=O) groups excluding carboxylic acids is 2. The van der Waals surface area contributed by atoms with E-state index in [9.17, 15) is 9.59 Å². The highest BCUT2D eigenvalue weighted by Gasteiger charge is 2.18. The lowest BCUT2D eigenvalue weighted by atomic mass is 9.95. The maximum absolute atomic E-state index is 11.6. The molecule has 0 aliphatic carbocycles. The summed E-state index contributed by atoms with van der Waals surface area (Å²) in [4.78, 5) is 22.5. The predicted molar refractivity (Wildman–Crippen MR) is 56.5 cm³/mol. The summed E-state index contributed by atoms with van der Waals surface area (Å²) >= 11 is 0. The molecule has 1 rings (SSSR count). The first kappa shape index (κ1) is 11.4. The Balaban J connectivity index is 2.65. The third-order valence-corrected chi connectivity index (χ3v) is 2.33. The molecule has 3 nitrogen and oxygen atoms in total. The number of ether oxygens (including phenoxy) is 1. The van der Waals surface area contributed by atoms with Crippen molar-refractivity contribution in [3.63, 3.8) is 0 Å². The molecule has 0 aromatic heterocycles. The Kier molecular flexibility index (Phi) is 4.03. The summed E-state index contributed by atoms with van der Waals surface area (Å²) in [5, 5.41) is 0. The molecule has 0 saturated heterocycles. The van der Waals surface area contributed by atoms with Crippen LogP contribution in [0.2, 0.25) is 0 Å². The van der Waals surface area contributed by atoms with Gasteiger partial charge >= 0.3 is 5.97 Å². The molecule has 1 aromatic rings. The number of hydrogen-bond donors (Lipinski definition) is 0. The van der Waals surface area contributed by atoms with Crippen LogP contribution in [0.5, 0.6) is 0 Å². The van der Waals surface area contributed by atoms with Crippen LogP contribution in [0.25, 0.3) is 0 Å². The van der Waals surface area contributed by atoms with Crippen LogP contribution in [0, 0.1) is 0 Å². The molecule has 0 unspecified atom stereocenters. The van der Waals surface area contributed by atoms with Gasteiger partial charge in [-0.15, -0.1) is 0 Å². The SMILES string of the molecule is COC(=O)CC(=O)[C@@H](C)c1ccccc1. The fraction of sp³-hybridized carbons (Fsp3) is 0.333. The van der Waals surface area contributed by atoms with Crippen LogP contribution in [-0.4, -0.2) is 18.9 Å². The second-order valence-electron chi connectivity index (χ2n) is 3.35. The number of esters is 1. The minimum Gasteiger partial charge on any atom is -0.469 e. The first-order valence-corrected chi connectivity index (χ1v) is 4.79. The van der Waals surface area contributed by atoms with Crippen LogP contribution in [0.15, 0.2) is 30.3 Å². The quantitative estimate of drug-likeness (QED) is 0.558. The highest BCUT2D eigenvalue weighted by atomic mass is 16.5. The van der Waals surface area contributed by atoms with Gasteiger partial charge in [0.05, 0.1) is 7.11 Å². The second kappa shape index (κ2) is 5.29. The van der Waals surface area contributed by atoms with E-state index < -0.39 is 5.97 Å². The number of carbonyl (C=O) groups is 2. The average Bonchev–Trinajstić information content (AvgIpc) is 2.29. The molecule has 0 N–H and O–H groups in total. The molecule has 0 bridgehead atoms. The third-order valence-electron chi connectivity index (χ3n) is 2.33. The van der Waals surface area contributed by atoms with Gasteiger partial charge in [-0.05, 0) is 5.56 Å². The largest absolute Gasteiger partial charge is 0.469 e. The van der Waals surface area contributed by atoms with E-state index in [0.29, 0.717) is 0 Å². The number of ketones is 1. The second-order valence-corrected chi connectivity index (χ2v) is 3.35. The summed E-state index contributed by atoms with van der Waals surface area (Å²) in [5.41, 5.74) is 0.923. The maximum Gasteiger partial charge on any atom is 0.313 e. The van der Waals surface area contributed by atoms with E-state index in [0.717, 1.165) is 5.56 Å². The predicted octanol–water partition coefficient (Wildman–Crippen LogP) is 1.92. The van der Waals surface area contributed by atoms with Crippen molar-refractivity contribution in [2.45, 2.75) is 19.3 Å². The van der Waals surface area contributed by atoms with Crippen molar-refractivity contribution in [2.75, 3.05) is 7.11 Å². The fourth-order valence-electron chi connectivity index (χ4n) is 1.30. The van der Waals surface area contributed by atoms with Gasteiger partial charge in [-0.25, -0.2) is 0 Å². The Bertz CT molecular complexity index is 343. The van der Waals surface area contributed by atoms with Crippen molar-refractivity contribution in [3.8, 4) is 0 Å². The summed E-state index contributed by atoms with van der Waals surface area (Å²) in [7, 11) is 1.28.